The largest absolute Gasteiger partial charge is 0.392 e. The highest BCUT2D eigenvalue weighted by Gasteiger charge is 2.35. The molecule has 0 saturated heterocycles. The fourth-order valence-electron chi connectivity index (χ4n) is 2.36. The zero-order valence-corrected chi connectivity index (χ0v) is 13.6. The smallest absolute Gasteiger partial charge is 0.283 e. The fourth-order valence-corrected chi connectivity index (χ4v) is 2.36. The molecule has 0 atom stereocenters. The van der Waals surface area contributed by atoms with Crippen LogP contribution in [-0.4, -0.2) is 23.6 Å². The third-order valence-corrected chi connectivity index (χ3v) is 3.88. The van der Waals surface area contributed by atoms with Gasteiger partial charge < -0.3 is 10.2 Å². The molecule has 1 aromatic rings. The van der Waals surface area contributed by atoms with Crippen molar-refractivity contribution in [2.45, 2.75) is 44.6 Å². The van der Waals surface area contributed by atoms with Crippen LogP contribution in [0.3, 0.4) is 0 Å². The summed E-state index contributed by atoms with van der Waals surface area (Å²) in [7, 11) is 0. The van der Waals surface area contributed by atoms with Crippen molar-refractivity contribution in [3.8, 4) is 0 Å². The average Bonchev–Trinajstić information content (AvgIpc) is 2.55. The van der Waals surface area contributed by atoms with Crippen LogP contribution in [-0.2, 0) is 9.63 Å². The van der Waals surface area contributed by atoms with Crippen LogP contribution in [0.4, 0.5) is 23.2 Å². The summed E-state index contributed by atoms with van der Waals surface area (Å²) in [4.78, 5) is 16.4. The topological polar surface area (TPSA) is 50.7 Å². The number of carbonyl (C=O) groups is 1. The molecule has 1 N–H and O–H groups in total. The van der Waals surface area contributed by atoms with E-state index in [9.17, 15) is 22.4 Å². The zero-order valence-electron chi connectivity index (χ0n) is 13.6. The Morgan fingerprint density at radius 1 is 1.36 bits per heavy atom. The first kappa shape index (κ1) is 19.0. The molecule has 0 bridgehead atoms. The molecule has 1 aromatic carbocycles. The molecular formula is C17H18F4N2O2. The van der Waals surface area contributed by atoms with Crippen molar-refractivity contribution in [1.29, 1.82) is 0 Å². The average molecular weight is 358 g/mol. The van der Waals surface area contributed by atoms with Gasteiger partial charge in [-0.1, -0.05) is 17.8 Å². The number of nitrogens with zero attached hydrogens (tertiary/aromatic N) is 1. The molecule has 1 amide bonds. The molecule has 0 heterocycles. The van der Waals surface area contributed by atoms with Crippen molar-refractivity contribution in [3.63, 3.8) is 0 Å². The van der Waals surface area contributed by atoms with Crippen molar-refractivity contribution < 1.29 is 27.2 Å². The van der Waals surface area contributed by atoms with Crippen LogP contribution in [0.25, 0.3) is 0 Å². The van der Waals surface area contributed by atoms with Gasteiger partial charge in [0.15, 0.2) is 5.83 Å². The Bertz CT molecular complexity index is 694. The number of benzene rings is 1. The molecule has 0 spiro atoms. The fraction of sp³-hybridized carbons (Fsp3) is 0.412. The van der Waals surface area contributed by atoms with E-state index in [2.05, 4.69) is 11.7 Å². The van der Waals surface area contributed by atoms with Crippen LogP contribution < -0.4 is 5.32 Å². The van der Waals surface area contributed by atoms with Gasteiger partial charge in [-0.15, -0.1) is 0 Å². The third-order valence-electron chi connectivity index (χ3n) is 3.88. The Kier molecular flexibility index (Phi) is 5.81. The van der Waals surface area contributed by atoms with Gasteiger partial charge in [0, 0.05) is 18.4 Å². The van der Waals surface area contributed by atoms with Crippen molar-refractivity contribution in [3.05, 3.63) is 42.0 Å². The highest BCUT2D eigenvalue weighted by atomic mass is 19.3. The number of oxime groups is 1. The molecule has 0 aromatic heterocycles. The van der Waals surface area contributed by atoms with Gasteiger partial charge in [0.05, 0.1) is 11.4 Å². The van der Waals surface area contributed by atoms with Crippen molar-refractivity contribution in [2.75, 3.05) is 5.32 Å². The van der Waals surface area contributed by atoms with Crippen LogP contribution in [0.1, 0.15) is 38.2 Å². The highest BCUT2D eigenvalue weighted by molar-refractivity contribution is 6.02. The normalized spacial score (nSPS) is 17.9. The molecule has 136 valence electrons. The standard InChI is InChI=1S/C17H18F4N2O2/c1-10(18)16(24)22-15-4-3-12(9-14(15)19)11(2)23-25-13-5-7-17(20,21)8-6-13/h3-4,9,13H,1,5-8H2,2H3,(H,22,24). The maximum Gasteiger partial charge on any atom is 0.283 e. The molecule has 1 aliphatic carbocycles. The van der Waals surface area contributed by atoms with E-state index in [4.69, 9.17) is 4.84 Å². The summed E-state index contributed by atoms with van der Waals surface area (Å²) in [5, 5.41) is 5.91. The Morgan fingerprint density at radius 3 is 2.56 bits per heavy atom. The second-order valence-electron chi connectivity index (χ2n) is 5.89. The molecule has 1 fully saturated rings. The van der Waals surface area contributed by atoms with Gasteiger partial charge in [-0.25, -0.2) is 17.6 Å². The lowest BCUT2D eigenvalue weighted by Gasteiger charge is -2.26. The summed E-state index contributed by atoms with van der Waals surface area (Å²) in [6.45, 7) is 4.40. The number of rotatable bonds is 5. The first-order chi connectivity index (χ1) is 11.7. The van der Waals surface area contributed by atoms with Gasteiger partial charge in [-0.05, 0) is 31.9 Å². The molecule has 0 aliphatic heterocycles. The van der Waals surface area contributed by atoms with E-state index < -0.39 is 29.6 Å². The van der Waals surface area contributed by atoms with Crippen molar-refractivity contribution >= 4 is 17.3 Å². The number of alkyl halides is 2. The lowest BCUT2D eigenvalue weighted by Crippen LogP contribution is -2.28. The predicted octanol–water partition coefficient (Wildman–Crippen LogP) is 4.57. The first-order valence-corrected chi connectivity index (χ1v) is 7.72. The minimum Gasteiger partial charge on any atom is -0.392 e. The van der Waals surface area contributed by atoms with E-state index in [-0.39, 0.29) is 31.4 Å². The van der Waals surface area contributed by atoms with Crippen LogP contribution in [0, 0.1) is 5.82 Å². The minimum atomic E-state index is -2.65. The van der Waals surface area contributed by atoms with Crippen LogP contribution in [0.2, 0.25) is 0 Å². The quantitative estimate of drug-likeness (QED) is 0.363. The van der Waals surface area contributed by atoms with Crippen LogP contribution >= 0.6 is 0 Å². The van der Waals surface area contributed by atoms with Crippen molar-refractivity contribution in [2.24, 2.45) is 5.16 Å². The molecule has 8 heteroatoms. The molecule has 0 radical (unpaired) electrons. The van der Waals surface area contributed by atoms with Gasteiger partial charge in [0.1, 0.15) is 11.9 Å². The van der Waals surface area contributed by atoms with Gasteiger partial charge in [0.2, 0.25) is 5.92 Å². The first-order valence-electron chi connectivity index (χ1n) is 7.72. The number of amides is 1. The zero-order chi connectivity index (χ0) is 18.6. The summed E-state index contributed by atoms with van der Waals surface area (Å²) < 4.78 is 52.7. The van der Waals surface area contributed by atoms with E-state index in [0.717, 1.165) is 6.07 Å². The Balaban J connectivity index is 1.99. The highest BCUT2D eigenvalue weighted by Crippen LogP contribution is 2.34. The molecule has 1 aliphatic rings. The summed E-state index contributed by atoms with van der Waals surface area (Å²) in [5.41, 5.74) is 0.538. The monoisotopic (exact) mass is 358 g/mol. The van der Waals surface area contributed by atoms with E-state index >= 15 is 0 Å². The second kappa shape index (κ2) is 7.67. The van der Waals surface area contributed by atoms with Gasteiger partial charge in [-0.3, -0.25) is 4.79 Å². The number of anilines is 1. The number of hydrogen-bond acceptors (Lipinski definition) is 3. The Hall–Kier alpha value is -2.38. The lowest BCUT2D eigenvalue weighted by atomic mass is 9.94. The van der Waals surface area contributed by atoms with Gasteiger partial charge in [0.25, 0.3) is 5.91 Å². The number of hydrogen-bond donors (Lipinski definition) is 1. The number of halogens is 4. The Labute approximate surface area is 142 Å². The number of nitrogens with one attached hydrogen (secondary N) is 1. The van der Waals surface area contributed by atoms with E-state index in [1.54, 1.807) is 6.92 Å². The summed E-state index contributed by atoms with van der Waals surface area (Å²) in [5.74, 6) is -5.78. The van der Waals surface area contributed by atoms with Gasteiger partial charge >= 0.3 is 0 Å². The van der Waals surface area contributed by atoms with E-state index in [0.29, 0.717) is 11.3 Å². The predicted molar refractivity (Wildman–Crippen MR) is 85.8 cm³/mol. The lowest BCUT2D eigenvalue weighted by molar-refractivity contribution is -0.114. The van der Waals surface area contributed by atoms with Crippen molar-refractivity contribution in [1.82, 2.24) is 0 Å². The molecule has 1 saturated carbocycles. The van der Waals surface area contributed by atoms with E-state index in [1.807, 2.05) is 5.32 Å². The Morgan fingerprint density at radius 2 is 2.00 bits per heavy atom. The molecule has 4 nitrogen and oxygen atoms in total. The van der Waals surface area contributed by atoms with Gasteiger partial charge in [-0.2, -0.15) is 0 Å². The maximum absolute atomic E-state index is 14.0. The van der Waals surface area contributed by atoms with Crippen LogP contribution in [0.15, 0.2) is 35.8 Å². The third kappa shape index (κ3) is 5.30. The second-order valence-corrected chi connectivity index (χ2v) is 5.89. The molecule has 2 rings (SSSR count). The summed E-state index contributed by atoms with van der Waals surface area (Å²) >= 11 is 0. The van der Waals surface area contributed by atoms with Crippen LogP contribution in [0.5, 0.6) is 0 Å². The minimum absolute atomic E-state index is 0.198. The summed E-state index contributed by atoms with van der Waals surface area (Å²) in [6, 6.07) is 3.83. The maximum atomic E-state index is 14.0. The number of carbonyl (C=O) groups excluding carboxylic acids is 1. The molecule has 0 unspecified atom stereocenters. The van der Waals surface area contributed by atoms with E-state index in [1.165, 1.54) is 12.1 Å². The SMILES string of the molecule is C=C(F)C(=O)Nc1ccc(C(C)=NOC2CCC(F)(F)CC2)cc1F. The summed E-state index contributed by atoms with van der Waals surface area (Å²) in [6.07, 6.45) is -0.468. The molecule has 25 heavy (non-hydrogen) atoms. The molecular weight excluding hydrogens is 340 g/mol.